The summed E-state index contributed by atoms with van der Waals surface area (Å²) in [5.41, 5.74) is 1.23. The Morgan fingerprint density at radius 1 is 1.44 bits per heavy atom. The number of hydrogen-bond donors (Lipinski definition) is 2. The van der Waals surface area contributed by atoms with Gasteiger partial charge in [0.1, 0.15) is 6.33 Å². The Balaban J connectivity index is 2.24. The summed E-state index contributed by atoms with van der Waals surface area (Å²) in [6, 6.07) is 1.91. The van der Waals surface area contributed by atoms with Crippen LogP contribution in [0.15, 0.2) is 18.6 Å². The molecule has 16 heavy (non-hydrogen) atoms. The van der Waals surface area contributed by atoms with Crippen LogP contribution in [0.1, 0.15) is 32.4 Å². The third kappa shape index (κ3) is 5.19. The molecule has 1 aromatic rings. The molecule has 2 N–H and O–H groups in total. The Morgan fingerprint density at radius 3 is 2.88 bits per heavy atom. The van der Waals surface area contributed by atoms with Gasteiger partial charge in [0.05, 0.1) is 5.69 Å². The van der Waals surface area contributed by atoms with E-state index >= 15 is 0 Å². The summed E-state index contributed by atoms with van der Waals surface area (Å²) in [6.45, 7) is 6.38. The van der Waals surface area contributed by atoms with Crippen LogP contribution in [0, 0.1) is 5.41 Å². The van der Waals surface area contributed by atoms with Gasteiger partial charge >= 0.3 is 0 Å². The molecule has 0 bridgehead atoms. The topological polar surface area (TPSA) is 58.0 Å². The van der Waals surface area contributed by atoms with E-state index in [1.807, 2.05) is 6.07 Å². The van der Waals surface area contributed by atoms with Crippen molar-refractivity contribution in [2.75, 3.05) is 13.2 Å². The Labute approximate surface area is 97.1 Å². The molecule has 0 aromatic carbocycles. The molecule has 90 valence electrons. The maximum absolute atomic E-state index is 8.80. The molecule has 0 saturated carbocycles. The van der Waals surface area contributed by atoms with E-state index in [0.717, 1.165) is 31.6 Å². The quantitative estimate of drug-likeness (QED) is 0.733. The molecule has 4 nitrogen and oxygen atoms in total. The number of aromatic nitrogens is 2. The molecule has 0 aliphatic heterocycles. The third-order valence-electron chi connectivity index (χ3n) is 2.56. The molecule has 1 rings (SSSR count). The van der Waals surface area contributed by atoms with Gasteiger partial charge in [-0.2, -0.15) is 0 Å². The van der Waals surface area contributed by atoms with E-state index in [-0.39, 0.29) is 12.0 Å². The molecule has 0 aliphatic carbocycles. The summed E-state index contributed by atoms with van der Waals surface area (Å²) < 4.78 is 0. The van der Waals surface area contributed by atoms with Gasteiger partial charge in [-0.05, 0) is 24.3 Å². The van der Waals surface area contributed by atoms with Crippen LogP contribution >= 0.6 is 0 Å². The van der Waals surface area contributed by atoms with E-state index in [1.165, 1.54) is 0 Å². The van der Waals surface area contributed by atoms with Crippen LogP contribution in [0.2, 0.25) is 0 Å². The van der Waals surface area contributed by atoms with E-state index in [1.54, 1.807) is 12.5 Å². The number of nitrogens with zero attached hydrogens (tertiary/aromatic N) is 2. The monoisotopic (exact) mass is 223 g/mol. The fourth-order valence-corrected chi connectivity index (χ4v) is 1.60. The molecule has 0 aliphatic rings. The lowest BCUT2D eigenvalue weighted by Gasteiger charge is -2.24. The first-order valence-corrected chi connectivity index (χ1v) is 5.70. The lowest BCUT2D eigenvalue weighted by atomic mass is 9.88. The van der Waals surface area contributed by atoms with Gasteiger partial charge in [-0.1, -0.05) is 13.8 Å². The average molecular weight is 223 g/mol. The molecule has 0 saturated heterocycles. The summed E-state index contributed by atoms with van der Waals surface area (Å²) in [7, 11) is 0. The van der Waals surface area contributed by atoms with Crippen molar-refractivity contribution >= 4 is 0 Å². The van der Waals surface area contributed by atoms with Gasteiger partial charge in [-0.3, -0.25) is 0 Å². The van der Waals surface area contributed by atoms with Gasteiger partial charge < -0.3 is 10.4 Å². The van der Waals surface area contributed by atoms with Gasteiger partial charge in [-0.15, -0.1) is 0 Å². The molecule has 0 amide bonds. The van der Waals surface area contributed by atoms with Crippen molar-refractivity contribution in [3.63, 3.8) is 0 Å². The minimum atomic E-state index is 0.218. The number of nitrogens with one attached hydrogen (secondary N) is 1. The summed E-state index contributed by atoms with van der Waals surface area (Å²) in [4.78, 5) is 8.02. The predicted octanol–water partition coefficient (Wildman–Crippen LogP) is 1.36. The molecule has 0 unspecified atom stereocenters. The summed E-state index contributed by atoms with van der Waals surface area (Å²) >= 11 is 0. The van der Waals surface area contributed by atoms with Crippen LogP contribution in [0.3, 0.4) is 0 Å². The minimum Gasteiger partial charge on any atom is -0.396 e. The maximum atomic E-state index is 8.80. The van der Waals surface area contributed by atoms with Crippen LogP contribution in [0.4, 0.5) is 0 Å². The van der Waals surface area contributed by atoms with Crippen LogP contribution in [-0.4, -0.2) is 28.2 Å². The van der Waals surface area contributed by atoms with Crippen molar-refractivity contribution in [1.82, 2.24) is 15.3 Å². The van der Waals surface area contributed by atoms with E-state index < -0.39 is 0 Å². The zero-order valence-electron chi connectivity index (χ0n) is 10.1. The van der Waals surface area contributed by atoms with E-state index in [4.69, 9.17) is 5.11 Å². The number of hydrogen-bond acceptors (Lipinski definition) is 4. The van der Waals surface area contributed by atoms with E-state index in [9.17, 15) is 0 Å². The van der Waals surface area contributed by atoms with Crippen molar-refractivity contribution < 1.29 is 5.11 Å². The van der Waals surface area contributed by atoms with Crippen molar-refractivity contribution in [1.29, 1.82) is 0 Å². The lowest BCUT2D eigenvalue weighted by molar-refractivity contribution is 0.236. The first-order valence-electron chi connectivity index (χ1n) is 5.70. The molecule has 1 aromatic heterocycles. The SMILES string of the molecule is CC(C)(CCCO)CNCc1ccncn1. The van der Waals surface area contributed by atoms with Crippen molar-refractivity contribution in [2.24, 2.45) is 5.41 Å². The maximum Gasteiger partial charge on any atom is 0.115 e. The summed E-state index contributed by atoms with van der Waals surface area (Å²) in [5, 5.41) is 12.2. The van der Waals surface area contributed by atoms with Crippen LogP contribution in [0.25, 0.3) is 0 Å². The summed E-state index contributed by atoms with van der Waals surface area (Å²) in [5.74, 6) is 0. The fourth-order valence-electron chi connectivity index (χ4n) is 1.60. The first-order chi connectivity index (χ1) is 7.64. The van der Waals surface area contributed by atoms with Crippen molar-refractivity contribution in [3.8, 4) is 0 Å². The second-order valence-electron chi connectivity index (χ2n) is 4.80. The second-order valence-corrected chi connectivity index (χ2v) is 4.80. The zero-order chi connectivity index (χ0) is 11.9. The molecule has 0 fully saturated rings. The van der Waals surface area contributed by atoms with Gasteiger partial charge in [-0.25, -0.2) is 9.97 Å². The Hall–Kier alpha value is -1.00. The highest BCUT2D eigenvalue weighted by Crippen LogP contribution is 2.20. The molecule has 0 radical (unpaired) electrons. The van der Waals surface area contributed by atoms with E-state index in [2.05, 4.69) is 29.1 Å². The summed E-state index contributed by atoms with van der Waals surface area (Å²) in [6.07, 6.45) is 5.21. The Kier molecular flexibility index (Phi) is 5.35. The highest BCUT2D eigenvalue weighted by atomic mass is 16.2. The van der Waals surface area contributed by atoms with Crippen LogP contribution in [0.5, 0.6) is 0 Å². The molecular weight excluding hydrogens is 202 g/mol. The smallest absolute Gasteiger partial charge is 0.115 e. The first kappa shape index (κ1) is 13.1. The molecular formula is C12H21N3O. The predicted molar refractivity (Wildman–Crippen MR) is 63.8 cm³/mol. The highest BCUT2D eigenvalue weighted by molar-refractivity contribution is 4.97. The van der Waals surface area contributed by atoms with E-state index in [0.29, 0.717) is 0 Å². The number of rotatable bonds is 7. The number of aliphatic hydroxyl groups excluding tert-OH is 1. The normalized spacial score (nSPS) is 11.7. The van der Waals surface area contributed by atoms with Crippen LogP contribution < -0.4 is 5.32 Å². The van der Waals surface area contributed by atoms with Gasteiger partial charge in [0.2, 0.25) is 0 Å². The van der Waals surface area contributed by atoms with Gasteiger partial charge in [0, 0.05) is 25.9 Å². The zero-order valence-corrected chi connectivity index (χ0v) is 10.1. The Morgan fingerprint density at radius 2 is 2.25 bits per heavy atom. The number of aliphatic hydroxyl groups is 1. The minimum absolute atomic E-state index is 0.218. The largest absolute Gasteiger partial charge is 0.396 e. The van der Waals surface area contributed by atoms with Crippen molar-refractivity contribution in [3.05, 3.63) is 24.3 Å². The van der Waals surface area contributed by atoms with Crippen molar-refractivity contribution in [2.45, 2.75) is 33.2 Å². The van der Waals surface area contributed by atoms with Crippen LogP contribution in [-0.2, 0) is 6.54 Å². The average Bonchev–Trinajstić information content (AvgIpc) is 2.28. The lowest BCUT2D eigenvalue weighted by Crippen LogP contribution is -2.29. The molecule has 0 spiro atoms. The van der Waals surface area contributed by atoms with Gasteiger partial charge in [0.15, 0.2) is 0 Å². The second kappa shape index (κ2) is 6.55. The highest BCUT2D eigenvalue weighted by Gasteiger charge is 2.16. The Bertz CT molecular complexity index is 288. The molecule has 0 atom stereocenters. The molecule has 1 heterocycles. The van der Waals surface area contributed by atoms with Gasteiger partial charge in [0.25, 0.3) is 0 Å². The standard InChI is InChI=1S/C12H21N3O/c1-12(2,5-3-7-16)9-14-8-11-4-6-13-10-15-11/h4,6,10,14,16H,3,5,7-9H2,1-2H3. The molecule has 4 heteroatoms. The fraction of sp³-hybridized carbons (Fsp3) is 0.667. The third-order valence-corrected chi connectivity index (χ3v) is 2.56.